The van der Waals surface area contributed by atoms with E-state index < -0.39 is 5.54 Å². The Kier molecular flexibility index (Phi) is 5.26. The molecule has 0 atom stereocenters. The number of benzene rings is 2. The van der Waals surface area contributed by atoms with Crippen LogP contribution < -0.4 is 5.32 Å². The molecule has 2 aromatic rings. The second-order valence-electron chi connectivity index (χ2n) is 7.30. The molecule has 2 aromatic carbocycles. The summed E-state index contributed by atoms with van der Waals surface area (Å²) in [7, 11) is 0. The monoisotopic (exact) mass is 362 g/mol. The molecular formula is C23H24NO3. The highest BCUT2D eigenvalue weighted by molar-refractivity contribution is 6.33. The van der Waals surface area contributed by atoms with Crippen molar-refractivity contribution < 1.29 is 14.4 Å². The number of ketones is 2. The van der Waals surface area contributed by atoms with E-state index in [1.54, 1.807) is 36.4 Å². The zero-order valence-corrected chi connectivity index (χ0v) is 16.0. The van der Waals surface area contributed by atoms with Gasteiger partial charge in [0.15, 0.2) is 5.54 Å². The van der Waals surface area contributed by atoms with Crippen LogP contribution in [0, 0.1) is 6.07 Å². The van der Waals surface area contributed by atoms with E-state index in [1.165, 1.54) is 0 Å². The zero-order chi connectivity index (χ0) is 19.6. The van der Waals surface area contributed by atoms with Crippen LogP contribution in [0.5, 0.6) is 0 Å². The number of hydrogen-bond acceptors (Lipinski definition) is 3. The van der Waals surface area contributed by atoms with E-state index in [-0.39, 0.29) is 23.9 Å². The molecule has 0 heterocycles. The van der Waals surface area contributed by atoms with Gasteiger partial charge in [-0.05, 0) is 24.0 Å². The predicted molar refractivity (Wildman–Crippen MR) is 104 cm³/mol. The minimum absolute atomic E-state index is 0.277. The van der Waals surface area contributed by atoms with E-state index in [2.05, 4.69) is 25.2 Å². The molecule has 0 bridgehead atoms. The fourth-order valence-electron chi connectivity index (χ4n) is 3.45. The number of carbonyl (C=O) groups excluding carboxylic acids is 3. The van der Waals surface area contributed by atoms with Crippen molar-refractivity contribution in [3.63, 3.8) is 0 Å². The van der Waals surface area contributed by atoms with Gasteiger partial charge < -0.3 is 5.32 Å². The maximum Gasteiger partial charge on any atom is 0.221 e. The van der Waals surface area contributed by atoms with E-state index in [0.717, 1.165) is 12.0 Å². The maximum atomic E-state index is 13.3. The van der Waals surface area contributed by atoms with Gasteiger partial charge in [-0.1, -0.05) is 69.7 Å². The lowest BCUT2D eigenvalue weighted by Crippen LogP contribution is -2.54. The smallest absolute Gasteiger partial charge is 0.221 e. The molecule has 0 saturated heterocycles. The third-order valence-electron chi connectivity index (χ3n) is 5.09. The van der Waals surface area contributed by atoms with Gasteiger partial charge in [0.1, 0.15) is 0 Å². The summed E-state index contributed by atoms with van der Waals surface area (Å²) in [6, 6.07) is 15.2. The van der Waals surface area contributed by atoms with Crippen LogP contribution in [0.3, 0.4) is 0 Å². The van der Waals surface area contributed by atoms with Crippen LogP contribution in [0.25, 0.3) is 0 Å². The molecule has 0 spiro atoms. The number of amides is 1. The van der Waals surface area contributed by atoms with Gasteiger partial charge >= 0.3 is 0 Å². The Balaban J connectivity index is 2.09. The van der Waals surface area contributed by atoms with Crippen LogP contribution in [0.2, 0.25) is 0 Å². The number of unbranched alkanes of at least 4 members (excludes halogenated alkanes) is 1. The topological polar surface area (TPSA) is 63.2 Å². The molecule has 139 valence electrons. The Labute approximate surface area is 160 Å². The fourth-order valence-corrected chi connectivity index (χ4v) is 3.45. The van der Waals surface area contributed by atoms with Gasteiger partial charge in [-0.2, -0.15) is 0 Å². The highest BCUT2D eigenvalue weighted by Gasteiger charge is 2.55. The van der Waals surface area contributed by atoms with E-state index in [4.69, 9.17) is 0 Å². The van der Waals surface area contributed by atoms with Crippen molar-refractivity contribution in [2.24, 2.45) is 0 Å². The number of nitrogens with one attached hydrogen (secondary N) is 1. The zero-order valence-electron chi connectivity index (χ0n) is 16.0. The summed E-state index contributed by atoms with van der Waals surface area (Å²) >= 11 is 0. The maximum absolute atomic E-state index is 13.3. The lowest BCUT2D eigenvalue weighted by molar-refractivity contribution is -0.122. The SMILES string of the molecule is CCCCC(=O)NC1(c2[c]cc(C(C)C)cc2)C(=O)c2ccccc2C1=O. The fraction of sp³-hybridized carbons (Fsp3) is 0.348. The van der Waals surface area contributed by atoms with Crippen LogP contribution >= 0.6 is 0 Å². The molecule has 0 saturated carbocycles. The number of hydrogen-bond donors (Lipinski definition) is 1. The van der Waals surface area contributed by atoms with E-state index in [0.29, 0.717) is 29.0 Å². The van der Waals surface area contributed by atoms with Crippen molar-refractivity contribution in [3.05, 3.63) is 70.8 Å². The van der Waals surface area contributed by atoms with Crippen molar-refractivity contribution >= 4 is 17.5 Å². The summed E-state index contributed by atoms with van der Waals surface area (Å²) in [5.41, 5.74) is 0.424. The molecule has 0 aromatic heterocycles. The number of Topliss-reactive ketones (excluding diaryl/α,β-unsaturated/α-hetero) is 2. The Morgan fingerprint density at radius 1 is 1.07 bits per heavy atom. The van der Waals surface area contributed by atoms with Gasteiger partial charge in [0.25, 0.3) is 0 Å². The van der Waals surface area contributed by atoms with Gasteiger partial charge in [-0.25, -0.2) is 0 Å². The first-order valence-corrected chi connectivity index (χ1v) is 9.43. The summed E-state index contributed by atoms with van der Waals surface area (Å²) in [6.45, 7) is 6.11. The molecule has 1 amide bonds. The molecule has 4 nitrogen and oxygen atoms in total. The average Bonchev–Trinajstić information content (AvgIpc) is 2.89. The summed E-state index contributed by atoms with van der Waals surface area (Å²) in [5.74, 6) is -0.770. The molecule has 1 aliphatic carbocycles. The van der Waals surface area contributed by atoms with Crippen molar-refractivity contribution in [3.8, 4) is 0 Å². The summed E-state index contributed by atoms with van der Waals surface area (Å²) in [4.78, 5) is 39.1. The highest BCUT2D eigenvalue weighted by atomic mass is 16.2. The second-order valence-corrected chi connectivity index (χ2v) is 7.30. The van der Waals surface area contributed by atoms with Crippen LogP contribution in [0.4, 0.5) is 0 Å². The molecule has 0 unspecified atom stereocenters. The van der Waals surface area contributed by atoms with E-state index in [1.807, 2.05) is 13.0 Å². The Morgan fingerprint density at radius 3 is 2.19 bits per heavy atom. The van der Waals surface area contributed by atoms with Gasteiger partial charge in [-0.3, -0.25) is 14.4 Å². The van der Waals surface area contributed by atoms with Crippen LogP contribution in [0.15, 0.2) is 42.5 Å². The van der Waals surface area contributed by atoms with Crippen LogP contribution in [-0.4, -0.2) is 17.5 Å². The summed E-state index contributed by atoms with van der Waals surface area (Å²) in [6.07, 6.45) is 1.84. The molecular weight excluding hydrogens is 338 g/mol. The Morgan fingerprint density at radius 2 is 1.70 bits per heavy atom. The predicted octanol–water partition coefficient (Wildman–Crippen LogP) is 4.19. The van der Waals surface area contributed by atoms with Gasteiger partial charge in [0, 0.05) is 23.1 Å². The molecule has 4 heteroatoms. The standard InChI is InChI=1S/C23H24NO3/c1-4-5-10-20(25)24-23(17-13-11-16(12-14-17)15(2)3)21(26)18-8-6-7-9-19(18)22(23)27/h6-9,11-13,15H,4-5,10H2,1-3H3,(H,24,25). The minimum atomic E-state index is -1.72. The highest BCUT2D eigenvalue weighted by Crippen LogP contribution is 2.38. The number of rotatable bonds is 6. The molecule has 27 heavy (non-hydrogen) atoms. The van der Waals surface area contributed by atoms with Crippen molar-refractivity contribution in [1.82, 2.24) is 5.32 Å². The Bertz CT molecular complexity index is 846. The first kappa shape index (κ1) is 19.0. The molecule has 3 rings (SSSR count). The number of carbonyl (C=O) groups is 3. The third kappa shape index (κ3) is 3.20. The first-order chi connectivity index (χ1) is 12.9. The normalized spacial score (nSPS) is 15.1. The minimum Gasteiger partial charge on any atom is -0.333 e. The molecule has 0 fully saturated rings. The van der Waals surface area contributed by atoms with Gasteiger partial charge in [-0.15, -0.1) is 0 Å². The van der Waals surface area contributed by atoms with E-state index >= 15 is 0 Å². The van der Waals surface area contributed by atoms with Gasteiger partial charge in [0.05, 0.1) is 0 Å². The number of fused-ring (bicyclic) bond motifs is 1. The second kappa shape index (κ2) is 7.47. The van der Waals surface area contributed by atoms with Gasteiger partial charge in [0.2, 0.25) is 17.5 Å². The van der Waals surface area contributed by atoms with Crippen LogP contribution in [-0.2, 0) is 10.3 Å². The lowest BCUT2D eigenvalue weighted by atomic mass is 9.83. The quantitative estimate of drug-likeness (QED) is 0.784. The van der Waals surface area contributed by atoms with Crippen molar-refractivity contribution in [2.45, 2.75) is 51.5 Å². The first-order valence-electron chi connectivity index (χ1n) is 9.43. The molecule has 1 aliphatic rings. The van der Waals surface area contributed by atoms with E-state index in [9.17, 15) is 14.4 Å². The summed E-state index contributed by atoms with van der Waals surface area (Å²) in [5, 5.41) is 2.77. The Hall–Kier alpha value is -2.75. The summed E-state index contributed by atoms with van der Waals surface area (Å²) < 4.78 is 0. The van der Waals surface area contributed by atoms with Crippen molar-refractivity contribution in [2.75, 3.05) is 0 Å². The lowest BCUT2D eigenvalue weighted by Gasteiger charge is -2.28. The molecule has 1 radical (unpaired) electrons. The third-order valence-corrected chi connectivity index (χ3v) is 5.09. The van der Waals surface area contributed by atoms with Crippen LogP contribution in [0.1, 0.15) is 77.8 Å². The largest absolute Gasteiger partial charge is 0.333 e. The molecule has 0 aliphatic heterocycles. The molecule has 1 N–H and O–H groups in total. The average molecular weight is 362 g/mol. The van der Waals surface area contributed by atoms with Crippen molar-refractivity contribution in [1.29, 1.82) is 0 Å².